The van der Waals surface area contributed by atoms with Crippen molar-refractivity contribution in [2.45, 2.75) is 57.7 Å². The first-order valence-corrected chi connectivity index (χ1v) is 8.72. The second-order valence-corrected chi connectivity index (χ2v) is 7.63. The molecule has 1 N–H and O–H groups in total. The lowest BCUT2D eigenvalue weighted by Crippen LogP contribution is -2.70. The van der Waals surface area contributed by atoms with Gasteiger partial charge in [-0.2, -0.15) is 0 Å². The molecule has 1 saturated carbocycles. The molecular weight excluding hydrogens is 264 g/mol. The molecular formula is C17H32N2O2. The summed E-state index contributed by atoms with van der Waals surface area (Å²) in [7, 11) is 1.80. The summed E-state index contributed by atoms with van der Waals surface area (Å²) in [5.41, 5.74) is 0.293. The van der Waals surface area contributed by atoms with E-state index < -0.39 is 0 Å². The third kappa shape index (κ3) is 3.00. The van der Waals surface area contributed by atoms with Crippen molar-refractivity contribution in [1.82, 2.24) is 10.2 Å². The van der Waals surface area contributed by atoms with Gasteiger partial charge in [0.2, 0.25) is 0 Å². The van der Waals surface area contributed by atoms with Crippen LogP contribution in [0.25, 0.3) is 0 Å². The number of fused-ring (bicyclic) bond motifs is 1. The molecule has 0 amide bonds. The molecule has 4 atom stereocenters. The Balaban J connectivity index is 1.50. The first-order chi connectivity index (χ1) is 10.1. The maximum absolute atomic E-state index is 6.00. The van der Waals surface area contributed by atoms with Crippen LogP contribution < -0.4 is 5.32 Å². The fourth-order valence-corrected chi connectivity index (χ4v) is 4.83. The highest BCUT2D eigenvalue weighted by Gasteiger charge is 2.57. The molecule has 0 aromatic heterocycles. The van der Waals surface area contributed by atoms with E-state index in [1.807, 2.05) is 0 Å². The molecule has 4 nitrogen and oxygen atoms in total. The number of methoxy groups -OCH3 is 1. The highest BCUT2D eigenvalue weighted by atomic mass is 16.5. The Kier molecular flexibility index (Phi) is 4.89. The fraction of sp³-hybridized carbons (Fsp3) is 1.00. The van der Waals surface area contributed by atoms with Gasteiger partial charge in [0.1, 0.15) is 0 Å². The van der Waals surface area contributed by atoms with Crippen molar-refractivity contribution in [2.75, 3.05) is 40.0 Å². The molecule has 3 fully saturated rings. The minimum atomic E-state index is 0.293. The van der Waals surface area contributed by atoms with Crippen molar-refractivity contribution in [3.63, 3.8) is 0 Å². The maximum atomic E-state index is 6.00. The van der Waals surface area contributed by atoms with E-state index in [1.54, 1.807) is 7.11 Å². The van der Waals surface area contributed by atoms with Crippen LogP contribution in [0.3, 0.4) is 0 Å². The highest BCUT2D eigenvalue weighted by molar-refractivity contribution is 5.10. The Morgan fingerprint density at radius 3 is 2.95 bits per heavy atom. The average Bonchev–Trinajstić information content (AvgIpc) is 2.92. The van der Waals surface area contributed by atoms with Crippen LogP contribution in [0.15, 0.2) is 0 Å². The van der Waals surface area contributed by atoms with Crippen LogP contribution in [-0.4, -0.2) is 63.0 Å². The topological polar surface area (TPSA) is 33.7 Å². The predicted molar refractivity (Wildman–Crippen MR) is 84.5 cm³/mol. The molecule has 2 aliphatic heterocycles. The van der Waals surface area contributed by atoms with E-state index in [2.05, 4.69) is 24.1 Å². The third-order valence-corrected chi connectivity index (χ3v) is 5.99. The lowest BCUT2D eigenvalue weighted by molar-refractivity contribution is -0.192. The first kappa shape index (κ1) is 15.7. The van der Waals surface area contributed by atoms with E-state index in [0.717, 1.165) is 32.2 Å². The first-order valence-electron chi connectivity index (χ1n) is 8.72. The van der Waals surface area contributed by atoms with Gasteiger partial charge in [0.15, 0.2) is 0 Å². The van der Waals surface area contributed by atoms with Crippen LogP contribution in [0.2, 0.25) is 0 Å². The number of ether oxygens (including phenoxy) is 2. The molecule has 0 spiro atoms. The SMILES string of the molecule is COCCN1CCC[C@@H]1CN[C@@H]1[C@H]2CCCO[C@H]2C1(C)C. The number of rotatable bonds is 6. The lowest BCUT2D eigenvalue weighted by atomic mass is 9.55. The van der Waals surface area contributed by atoms with E-state index in [0.29, 0.717) is 23.6 Å². The van der Waals surface area contributed by atoms with Gasteiger partial charge in [0.25, 0.3) is 0 Å². The van der Waals surface area contributed by atoms with E-state index in [1.165, 1.54) is 32.2 Å². The van der Waals surface area contributed by atoms with Gasteiger partial charge >= 0.3 is 0 Å². The van der Waals surface area contributed by atoms with Crippen LogP contribution in [0.1, 0.15) is 39.5 Å². The maximum Gasteiger partial charge on any atom is 0.0684 e. The van der Waals surface area contributed by atoms with Crippen LogP contribution >= 0.6 is 0 Å². The Morgan fingerprint density at radius 2 is 2.14 bits per heavy atom. The monoisotopic (exact) mass is 296 g/mol. The largest absolute Gasteiger partial charge is 0.383 e. The number of hydrogen-bond donors (Lipinski definition) is 1. The minimum absolute atomic E-state index is 0.293. The Labute approximate surface area is 129 Å². The normalized spacial score (nSPS) is 39.0. The smallest absolute Gasteiger partial charge is 0.0684 e. The van der Waals surface area contributed by atoms with Gasteiger partial charge in [0, 0.05) is 50.2 Å². The standard InChI is InChI=1S/C17H32N2O2/c1-17(2)15(14-7-5-10-21-16(14)17)18-12-13-6-4-8-19(13)9-11-20-3/h13-16,18H,4-12H2,1-3H3/t13-,14-,15-,16-/m1/s1. The van der Waals surface area contributed by atoms with Gasteiger partial charge in [-0.05, 0) is 32.2 Å². The second-order valence-electron chi connectivity index (χ2n) is 7.63. The summed E-state index contributed by atoms with van der Waals surface area (Å²) in [4.78, 5) is 2.59. The average molecular weight is 296 g/mol. The lowest BCUT2D eigenvalue weighted by Gasteiger charge is -2.60. The highest BCUT2D eigenvalue weighted by Crippen LogP contribution is 2.51. The molecule has 0 bridgehead atoms. The predicted octanol–water partition coefficient (Wildman–Crippen LogP) is 1.89. The van der Waals surface area contributed by atoms with Crippen LogP contribution in [0, 0.1) is 11.3 Å². The molecule has 21 heavy (non-hydrogen) atoms. The van der Waals surface area contributed by atoms with Gasteiger partial charge in [-0.25, -0.2) is 0 Å². The molecule has 2 heterocycles. The van der Waals surface area contributed by atoms with E-state index in [-0.39, 0.29) is 0 Å². The zero-order valence-corrected chi connectivity index (χ0v) is 13.9. The number of likely N-dealkylation sites (tertiary alicyclic amines) is 1. The van der Waals surface area contributed by atoms with E-state index in [9.17, 15) is 0 Å². The quantitative estimate of drug-likeness (QED) is 0.811. The summed E-state index contributed by atoms with van der Waals surface area (Å²) >= 11 is 0. The van der Waals surface area contributed by atoms with Gasteiger partial charge in [-0.15, -0.1) is 0 Å². The van der Waals surface area contributed by atoms with Crippen molar-refractivity contribution in [1.29, 1.82) is 0 Å². The Hall–Kier alpha value is -0.160. The summed E-state index contributed by atoms with van der Waals surface area (Å²) < 4.78 is 11.2. The van der Waals surface area contributed by atoms with Crippen molar-refractivity contribution in [2.24, 2.45) is 11.3 Å². The molecule has 4 heteroatoms. The summed E-state index contributed by atoms with van der Waals surface area (Å²) in [5, 5.41) is 3.89. The molecule has 1 aliphatic carbocycles. The van der Waals surface area contributed by atoms with Crippen LogP contribution in [-0.2, 0) is 9.47 Å². The van der Waals surface area contributed by atoms with E-state index >= 15 is 0 Å². The molecule has 3 aliphatic rings. The van der Waals surface area contributed by atoms with Crippen molar-refractivity contribution < 1.29 is 9.47 Å². The van der Waals surface area contributed by atoms with Crippen molar-refractivity contribution in [3.05, 3.63) is 0 Å². The molecule has 0 radical (unpaired) electrons. The second kappa shape index (κ2) is 6.53. The van der Waals surface area contributed by atoms with Crippen molar-refractivity contribution in [3.8, 4) is 0 Å². The fourth-order valence-electron chi connectivity index (χ4n) is 4.83. The van der Waals surface area contributed by atoms with Gasteiger partial charge in [0.05, 0.1) is 12.7 Å². The molecule has 0 aromatic carbocycles. The van der Waals surface area contributed by atoms with Crippen LogP contribution in [0.4, 0.5) is 0 Å². The number of hydrogen-bond acceptors (Lipinski definition) is 4. The van der Waals surface area contributed by atoms with Gasteiger partial charge < -0.3 is 14.8 Å². The molecule has 2 saturated heterocycles. The zero-order chi connectivity index (χ0) is 14.9. The number of nitrogens with zero attached hydrogens (tertiary/aromatic N) is 1. The molecule has 122 valence electrons. The third-order valence-electron chi connectivity index (χ3n) is 5.99. The van der Waals surface area contributed by atoms with E-state index in [4.69, 9.17) is 9.47 Å². The summed E-state index contributed by atoms with van der Waals surface area (Å²) in [6, 6.07) is 1.33. The molecule has 0 aromatic rings. The number of nitrogens with one attached hydrogen (secondary N) is 1. The Bertz CT molecular complexity index is 348. The Morgan fingerprint density at radius 1 is 1.29 bits per heavy atom. The summed E-state index contributed by atoms with van der Waals surface area (Å²) in [6.07, 6.45) is 5.72. The molecule has 3 rings (SSSR count). The minimum Gasteiger partial charge on any atom is -0.383 e. The summed E-state index contributed by atoms with van der Waals surface area (Å²) in [5.74, 6) is 0.738. The molecule has 0 unspecified atom stereocenters. The van der Waals surface area contributed by atoms with Gasteiger partial charge in [-0.3, -0.25) is 4.90 Å². The van der Waals surface area contributed by atoms with Crippen LogP contribution in [0.5, 0.6) is 0 Å². The zero-order valence-electron chi connectivity index (χ0n) is 13.9. The van der Waals surface area contributed by atoms with Gasteiger partial charge in [-0.1, -0.05) is 13.8 Å². The van der Waals surface area contributed by atoms with Crippen molar-refractivity contribution >= 4 is 0 Å². The summed E-state index contributed by atoms with van der Waals surface area (Å²) in [6.45, 7) is 9.99.